The molecule has 0 spiro atoms. The van der Waals surface area contributed by atoms with Crippen LogP contribution in [0.15, 0.2) is 54.6 Å². The largest absolute Gasteiger partial charge is 0.465 e. The van der Waals surface area contributed by atoms with Crippen molar-refractivity contribution in [1.82, 2.24) is 9.97 Å². The molecule has 0 aliphatic carbocycles. The van der Waals surface area contributed by atoms with Crippen molar-refractivity contribution in [2.24, 2.45) is 0 Å². The Morgan fingerprint density at radius 3 is 2.82 bits per heavy atom. The number of nitrogens with one attached hydrogen (secondary N) is 1. The molecule has 0 fully saturated rings. The number of esters is 1. The first-order chi connectivity index (χ1) is 13.6. The molecule has 1 aliphatic heterocycles. The third kappa shape index (κ3) is 3.67. The van der Waals surface area contributed by atoms with Crippen molar-refractivity contribution in [3.63, 3.8) is 0 Å². The number of methoxy groups -OCH3 is 1. The highest BCUT2D eigenvalue weighted by molar-refractivity contribution is 5.90. The van der Waals surface area contributed by atoms with Crippen LogP contribution in [-0.4, -0.2) is 29.6 Å². The molecule has 0 saturated heterocycles. The molecule has 1 aromatic heterocycles. The molecule has 0 atom stereocenters. The minimum atomic E-state index is -0.367. The minimum Gasteiger partial charge on any atom is -0.465 e. The minimum absolute atomic E-state index is 0.367. The van der Waals surface area contributed by atoms with E-state index in [1.807, 2.05) is 25.1 Å². The molecular weight excluding hydrogens is 352 g/mol. The summed E-state index contributed by atoms with van der Waals surface area (Å²) >= 11 is 0. The molecule has 3 aromatic rings. The van der Waals surface area contributed by atoms with Gasteiger partial charge in [0.15, 0.2) is 0 Å². The van der Waals surface area contributed by atoms with Gasteiger partial charge in [-0.3, -0.25) is 0 Å². The number of carbonyl (C=O) groups is 1. The van der Waals surface area contributed by atoms with Gasteiger partial charge in [0, 0.05) is 24.0 Å². The topological polar surface area (TPSA) is 67.3 Å². The quantitative estimate of drug-likeness (QED) is 0.683. The lowest BCUT2D eigenvalue weighted by Crippen LogP contribution is -2.25. The summed E-state index contributed by atoms with van der Waals surface area (Å²) in [5, 5.41) is 3.28. The first-order valence-corrected chi connectivity index (χ1v) is 9.30. The van der Waals surface area contributed by atoms with Crippen LogP contribution < -0.4 is 10.2 Å². The van der Waals surface area contributed by atoms with Gasteiger partial charge in [-0.1, -0.05) is 24.3 Å². The van der Waals surface area contributed by atoms with Crippen LogP contribution >= 0.6 is 0 Å². The van der Waals surface area contributed by atoms with E-state index in [-0.39, 0.29) is 5.97 Å². The average Bonchev–Trinajstić information content (AvgIpc) is 2.72. The molecule has 0 radical (unpaired) electrons. The Kier molecular flexibility index (Phi) is 4.93. The van der Waals surface area contributed by atoms with Gasteiger partial charge in [0.2, 0.25) is 0 Å². The van der Waals surface area contributed by atoms with Gasteiger partial charge >= 0.3 is 5.97 Å². The third-order valence-corrected chi connectivity index (χ3v) is 4.77. The molecule has 28 heavy (non-hydrogen) atoms. The fourth-order valence-electron chi connectivity index (χ4n) is 3.52. The predicted molar refractivity (Wildman–Crippen MR) is 110 cm³/mol. The SMILES string of the molecule is COC(=O)c1cccc(Nc2cc(N3CCCc4ccccc43)nc(C)n2)c1. The van der Waals surface area contributed by atoms with Crippen LogP contribution in [0.4, 0.5) is 23.0 Å². The second-order valence-corrected chi connectivity index (χ2v) is 6.74. The summed E-state index contributed by atoms with van der Waals surface area (Å²) in [5.74, 6) is 1.87. The van der Waals surface area contributed by atoms with Gasteiger partial charge in [0.05, 0.1) is 12.7 Å². The number of para-hydroxylation sites is 1. The van der Waals surface area contributed by atoms with Gasteiger partial charge in [-0.25, -0.2) is 14.8 Å². The zero-order valence-electron chi connectivity index (χ0n) is 16.0. The fraction of sp³-hybridized carbons (Fsp3) is 0.227. The van der Waals surface area contributed by atoms with Crippen molar-refractivity contribution < 1.29 is 9.53 Å². The van der Waals surface area contributed by atoms with Crippen LogP contribution in [0, 0.1) is 6.92 Å². The second kappa shape index (κ2) is 7.68. The van der Waals surface area contributed by atoms with Crippen molar-refractivity contribution in [1.29, 1.82) is 0 Å². The summed E-state index contributed by atoms with van der Waals surface area (Å²) in [7, 11) is 1.37. The number of hydrogen-bond acceptors (Lipinski definition) is 6. The normalized spacial score (nSPS) is 13.0. The summed E-state index contributed by atoms with van der Waals surface area (Å²) < 4.78 is 4.79. The molecule has 2 heterocycles. The van der Waals surface area contributed by atoms with E-state index in [2.05, 4.69) is 44.5 Å². The molecular formula is C22H22N4O2. The van der Waals surface area contributed by atoms with Crippen molar-refractivity contribution in [2.75, 3.05) is 23.9 Å². The number of aromatic nitrogens is 2. The molecule has 0 saturated carbocycles. The highest BCUT2D eigenvalue weighted by Gasteiger charge is 2.19. The van der Waals surface area contributed by atoms with Crippen LogP contribution in [-0.2, 0) is 11.2 Å². The first-order valence-electron chi connectivity index (χ1n) is 9.30. The number of anilines is 4. The Bertz CT molecular complexity index is 1020. The van der Waals surface area contributed by atoms with Gasteiger partial charge in [-0.05, 0) is 49.6 Å². The average molecular weight is 374 g/mol. The number of carbonyl (C=O) groups excluding carboxylic acids is 1. The Labute approximate surface area is 164 Å². The Hall–Kier alpha value is -3.41. The van der Waals surface area contributed by atoms with E-state index in [0.717, 1.165) is 30.9 Å². The molecule has 0 amide bonds. The fourth-order valence-corrected chi connectivity index (χ4v) is 3.52. The third-order valence-electron chi connectivity index (χ3n) is 4.77. The summed E-state index contributed by atoms with van der Waals surface area (Å²) in [5.41, 5.74) is 3.80. The highest BCUT2D eigenvalue weighted by Crippen LogP contribution is 2.33. The van der Waals surface area contributed by atoms with Gasteiger partial charge < -0.3 is 15.0 Å². The number of benzene rings is 2. The van der Waals surface area contributed by atoms with E-state index in [4.69, 9.17) is 4.74 Å². The molecule has 4 rings (SSSR count). The maximum absolute atomic E-state index is 11.8. The van der Waals surface area contributed by atoms with E-state index in [1.54, 1.807) is 12.1 Å². The van der Waals surface area contributed by atoms with Gasteiger partial charge in [0.1, 0.15) is 17.5 Å². The Balaban J connectivity index is 1.65. The zero-order valence-corrected chi connectivity index (χ0v) is 16.0. The number of hydrogen-bond donors (Lipinski definition) is 1. The highest BCUT2D eigenvalue weighted by atomic mass is 16.5. The second-order valence-electron chi connectivity index (χ2n) is 6.74. The molecule has 1 aliphatic rings. The van der Waals surface area contributed by atoms with Gasteiger partial charge in [-0.15, -0.1) is 0 Å². The molecule has 6 nitrogen and oxygen atoms in total. The van der Waals surface area contributed by atoms with Gasteiger partial charge in [0.25, 0.3) is 0 Å². The maximum Gasteiger partial charge on any atom is 0.337 e. The Morgan fingerprint density at radius 2 is 1.96 bits per heavy atom. The van der Waals surface area contributed by atoms with E-state index in [9.17, 15) is 4.79 Å². The molecule has 1 N–H and O–H groups in total. The number of ether oxygens (including phenoxy) is 1. The molecule has 0 bridgehead atoms. The monoisotopic (exact) mass is 374 g/mol. The van der Waals surface area contributed by atoms with Gasteiger partial charge in [-0.2, -0.15) is 0 Å². The van der Waals surface area contributed by atoms with Crippen LogP contribution in [0.2, 0.25) is 0 Å². The van der Waals surface area contributed by atoms with E-state index < -0.39 is 0 Å². The van der Waals surface area contributed by atoms with Crippen LogP contribution in [0.1, 0.15) is 28.2 Å². The lowest BCUT2D eigenvalue weighted by Gasteiger charge is -2.30. The summed E-state index contributed by atoms with van der Waals surface area (Å²) in [4.78, 5) is 23.2. The Morgan fingerprint density at radius 1 is 1.11 bits per heavy atom. The number of fused-ring (bicyclic) bond motifs is 1. The lowest BCUT2D eigenvalue weighted by molar-refractivity contribution is 0.0601. The summed E-state index contributed by atoms with van der Waals surface area (Å²) in [6, 6.07) is 17.6. The summed E-state index contributed by atoms with van der Waals surface area (Å²) in [6.07, 6.45) is 2.17. The van der Waals surface area contributed by atoms with Crippen molar-refractivity contribution in [3.05, 3.63) is 71.5 Å². The van der Waals surface area contributed by atoms with Crippen LogP contribution in [0.25, 0.3) is 0 Å². The smallest absolute Gasteiger partial charge is 0.337 e. The molecule has 0 unspecified atom stereocenters. The first kappa shape index (κ1) is 18.0. The van der Waals surface area contributed by atoms with E-state index in [0.29, 0.717) is 17.2 Å². The zero-order chi connectivity index (χ0) is 19.5. The van der Waals surface area contributed by atoms with E-state index in [1.165, 1.54) is 18.4 Å². The van der Waals surface area contributed by atoms with Crippen molar-refractivity contribution in [2.45, 2.75) is 19.8 Å². The van der Waals surface area contributed by atoms with Crippen LogP contribution in [0.3, 0.4) is 0 Å². The van der Waals surface area contributed by atoms with Crippen molar-refractivity contribution >= 4 is 29.0 Å². The molecule has 142 valence electrons. The van der Waals surface area contributed by atoms with Crippen molar-refractivity contribution in [3.8, 4) is 0 Å². The maximum atomic E-state index is 11.8. The number of rotatable bonds is 4. The van der Waals surface area contributed by atoms with Crippen LogP contribution in [0.5, 0.6) is 0 Å². The van der Waals surface area contributed by atoms with E-state index >= 15 is 0 Å². The molecule has 2 aromatic carbocycles. The standard InChI is InChI=1S/C22H22N4O2/c1-15-23-20(25-18-10-5-8-17(13-18)22(27)28-2)14-21(24-15)26-12-6-9-16-7-3-4-11-19(16)26/h3-5,7-8,10-11,13-14H,6,9,12H2,1-2H3,(H,23,24,25). The number of aryl methyl sites for hydroxylation is 2. The number of nitrogens with zero attached hydrogens (tertiary/aromatic N) is 3. The lowest BCUT2D eigenvalue weighted by atomic mass is 10.0. The predicted octanol–water partition coefficient (Wildman–Crippen LogP) is 4.40. The summed E-state index contributed by atoms with van der Waals surface area (Å²) in [6.45, 7) is 2.81. The molecule has 6 heteroatoms.